The van der Waals surface area contributed by atoms with Gasteiger partial charge in [0.05, 0.1) is 0 Å². The van der Waals surface area contributed by atoms with Gasteiger partial charge in [0.15, 0.2) is 5.16 Å². The summed E-state index contributed by atoms with van der Waals surface area (Å²) in [4.78, 5) is 29.1. The van der Waals surface area contributed by atoms with Crippen molar-refractivity contribution in [2.75, 3.05) is 5.75 Å². The number of hydrogen-bond donors (Lipinski definition) is 1. The van der Waals surface area contributed by atoms with Crippen LogP contribution in [0.2, 0.25) is 0 Å². The predicted octanol–water partition coefficient (Wildman–Crippen LogP) is 3.61. The van der Waals surface area contributed by atoms with Crippen molar-refractivity contribution in [1.82, 2.24) is 14.9 Å². The zero-order valence-electron chi connectivity index (χ0n) is 16.9. The summed E-state index contributed by atoms with van der Waals surface area (Å²) in [5.74, 6) is 0.476. The number of aromatic nitrogens is 2. The van der Waals surface area contributed by atoms with Gasteiger partial charge in [0.25, 0.3) is 5.56 Å². The Hall–Kier alpha value is -2.15. The van der Waals surface area contributed by atoms with Crippen LogP contribution >= 0.6 is 11.8 Å². The van der Waals surface area contributed by atoms with E-state index in [9.17, 15) is 14.0 Å². The van der Waals surface area contributed by atoms with Crippen LogP contribution in [0.4, 0.5) is 4.39 Å². The van der Waals surface area contributed by atoms with Gasteiger partial charge in [-0.15, -0.1) is 0 Å². The molecule has 152 valence electrons. The van der Waals surface area contributed by atoms with Crippen molar-refractivity contribution in [2.45, 2.75) is 57.7 Å². The zero-order valence-corrected chi connectivity index (χ0v) is 17.7. The van der Waals surface area contributed by atoms with E-state index in [1.54, 1.807) is 23.7 Å². The number of benzene rings is 1. The van der Waals surface area contributed by atoms with Crippen LogP contribution in [0, 0.1) is 12.7 Å². The van der Waals surface area contributed by atoms with Crippen molar-refractivity contribution in [3.8, 4) is 0 Å². The molecule has 1 atom stereocenters. The van der Waals surface area contributed by atoms with Crippen LogP contribution in [0.3, 0.4) is 0 Å². The number of halogens is 1. The molecule has 0 saturated carbocycles. The van der Waals surface area contributed by atoms with Crippen LogP contribution in [0.15, 0.2) is 34.2 Å². The fourth-order valence-electron chi connectivity index (χ4n) is 2.71. The Bertz CT molecular complexity index is 865. The molecule has 1 aromatic carbocycles. The van der Waals surface area contributed by atoms with E-state index in [1.165, 1.54) is 23.9 Å². The SMILES string of the molecule is CCC(C)NC(=O)CCCSc1nc(C)c(Cc2ccc(F)cc2)c(=O)n1C. The van der Waals surface area contributed by atoms with Gasteiger partial charge in [-0.05, 0) is 44.4 Å². The lowest BCUT2D eigenvalue weighted by Gasteiger charge is -2.13. The minimum Gasteiger partial charge on any atom is -0.354 e. The van der Waals surface area contributed by atoms with Gasteiger partial charge in [0, 0.05) is 42.9 Å². The van der Waals surface area contributed by atoms with E-state index in [0.29, 0.717) is 35.0 Å². The highest BCUT2D eigenvalue weighted by atomic mass is 32.2. The second-order valence-electron chi connectivity index (χ2n) is 6.95. The molecule has 0 bridgehead atoms. The molecule has 0 aliphatic heterocycles. The second kappa shape index (κ2) is 10.4. The van der Waals surface area contributed by atoms with E-state index < -0.39 is 0 Å². The van der Waals surface area contributed by atoms with Crippen molar-refractivity contribution >= 4 is 17.7 Å². The Morgan fingerprint density at radius 2 is 2.00 bits per heavy atom. The van der Waals surface area contributed by atoms with E-state index in [1.807, 2.05) is 20.8 Å². The fourth-order valence-corrected chi connectivity index (χ4v) is 3.66. The first-order valence-corrected chi connectivity index (χ1v) is 10.5. The van der Waals surface area contributed by atoms with Crippen molar-refractivity contribution < 1.29 is 9.18 Å². The Morgan fingerprint density at radius 1 is 1.32 bits per heavy atom. The number of aryl methyl sites for hydroxylation is 1. The number of rotatable bonds is 9. The van der Waals surface area contributed by atoms with Gasteiger partial charge in [-0.25, -0.2) is 9.37 Å². The number of carbonyl (C=O) groups is 1. The van der Waals surface area contributed by atoms with Gasteiger partial charge in [-0.3, -0.25) is 14.2 Å². The van der Waals surface area contributed by atoms with Crippen LogP contribution in [0.25, 0.3) is 0 Å². The molecule has 0 aliphatic rings. The Labute approximate surface area is 169 Å². The Morgan fingerprint density at radius 3 is 2.64 bits per heavy atom. The van der Waals surface area contributed by atoms with Gasteiger partial charge in [-0.1, -0.05) is 30.8 Å². The smallest absolute Gasteiger partial charge is 0.257 e. The first kappa shape index (κ1) is 22.1. The highest BCUT2D eigenvalue weighted by Crippen LogP contribution is 2.18. The molecule has 0 spiro atoms. The maximum atomic E-state index is 13.1. The summed E-state index contributed by atoms with van der Waals surface area (Å²) in [6.45, 7) is 5.85. The summed E-state index contributed by atoms with van der Waals surface area (Å²) in [7, 11) is 1.71. The monoisotopic (exact) mass is 405 g/mol. The van der Waals surface area contributed by atoms with Crippen LogP contribution in [-0.2, 0) is 18.3 Å². The molecule has 0 saturated heterocycles. The minimum atomic E-state index is -0.295. The maximum Gasteiger partial charge on any atom is 0.257 e. The molecule has 2 aromatic rings. The van der Waals surface area contributed by atoms with Crippen molar-refractivity contribution in [3.63, 3.8) is 0 Å². The molecule has 2 rings (SSSR count). The van der Waals surface area contributed by atoms with E-state index in [-0.39, 0.29) is 23.3 Å². The molecule has 1 heterocycles. The Balaban J connectivity index is 1.98. The summed E-state index contributed by atoms with van der Waals surface area (Å²) < 4.78 is 14.6. The number of carbonyl (C=O) groups excluding carboxylic acids is 1. The predicted molar refractivity (Wildman–Crippen MR) is 111 cm³/mol. The Kier molecular flexibility index (Phi) is 8.23. The third-order valence-electron chi connectivity index (χ3n) is 4.64. The molecular weight excluding hydrogens is 377 g/mol. The third kappa shape index (κ3) is 6.19. The summed E-state index contributed by atoms with van der Waals surface area (Å²) in [5, 5.41) is 3.60. The number of hydrogen-bond acceptors (Lipinski definition) is 4. The summed E-state index contributed by atoms with van der Waals surface area (Å²) in [6, 6.07) is 6.34. The van der Waals surface area contributed by atoms with Gasteiger partial charge >= 0.3 is 0 Å². The van der Waals surface area contributed by atoms with E-state index >= 15 is 0 Å². The first-order chi connectivity index (χ1) is 13.3. The summed E-state index contributed by atoms with van der Waals surface area (Å²) in [5.41, 5.74) is 2.08. The fraction of sp³-hybridized carbons (Fsp3) is 0.476. The number of nitrogens with zero attached hydrogens (tertiary/aromatic N) is 2. The average molecular weight is 406 g/mol. The molecule has 5 nitrogen and oxygen atoms in total. The lowest BCUT2D eigenvalue weighted by atomic mass is 10.1. The second-order valence-corrected chi connectivity index (χ2v) is 8.02. The van der Waals surface area contributed by atoms with Crippen LogP contribution in [-0.4, -0.2) is 27.3 Å². The topological polar surface area (TPSA) is 64.0 Å². The highest BCUT2D eigenvalue weighted by Gasteiger charge is 2.13. The largest absolute Gasteiger partial charge is 0.354 e. The van der Waals surface area contributed by atoms with Gasteiger partial charge in [-0.2, -0.15) is 0 Å². The number of thioether (sulfide) groups is 1. The highest BCUT2D eigenvalue weighted by molar-refractivity contribution is 7.99. The molecule has 28 heavy (non-hydrogen) atoms. The average Bonchev–Trinajstić information content (AvgIpc) is 2.67. The van der Waals surface area contributed by atoms with Gasteiger partial charge < -0.3 is 5.32 Å². The quantitative estimate of drug-likeness (QED) is 0.393. The summed E-state index contributed by atoms with van der Waals surface area (Å²) in [6.07, 6.45) is 2.52. The standard InChI is InChI=1S/C21H28FN3O2S/c1-5-14(2)23-19(26)7-6-12-28-21-24-15(3)18(20(27)25(21)4)13-16-8-10-17(22)11-9-16/h8-11,14H,5-7,12-13H2,1-4H3,(H,23,26). The first-order valence-electron chi connectivity index (χ1n) is 9.55. The van der Waals surface area contributed by atoms with E-state index in [2.05, 4.69) is 10.3 Å². The van der Waals surface area contributed by atoms with Gasteiger partial charge in [0.2, 0.25) is 5.91 Å². The van der Waals surface area contributed by atoms with Crippen LogP contribution in [0.1, 0.15) is 49.9 Å². The van der Waals surface area contributed by atoms with Crippen molar-refractivity contribution in [3.05, 3.63) is 57.3 Å². The zero-order chi connectivity index (χ0) is 20.7. The lowest BCUT2D eigenvalue weighted by Crippen LogP contribution is -2.31. The molecule has 0 fully saturated rings. The molecule has 1 unspecified atom stereocenters. The van der Waals surface area contributed by atoms with E-state index in [4.69, 9.17) is 0 Å². The van der Waals surface area contributed by atoms with Crippen molar-refractivity contribution in [1.29, 1.82) is 0 Å². The maximum absolute atomic E-state index is 13.1. The normalized spacial score (nSPS) is 12.0. The molecule has 1 amide bonds. The molecule has 1 N–H and O–H groups in total. The number of amides is 1. The summed E-state index contributed by atoms with van der Waals surface area (Å²) >= 11 is 1.48. The lowest BCUT2D eigenvalue weighted by molar-refractivity contribution is -0.121. The molecule has 0 radical (unpaired) electrons. The molecule has 1 aromatic heterocycles. The number of nitrogens with one attached hydrogen (secondary N) is 1. The third-order valence-corrected chi connectivity index (χ3v) is 5.76. The van der Waals surface area contributed by atoms with Gasteiger partial charge in [0.1, 0.15) is 5.82 Å². The van der Waals surface area contributed by atoms with Crippen LogP contribution < -0.4 is 10.9 Å². The minimum absolute atomic E-state index is 0.0580. The molecule has 7 heteroatoms. The molecule has 0 aliphatic carbocycles. The van der Waals surface area contributed by atoms with Crippen LogP contribution in [0.5, 0.6) is 0 Å². The molecular formula is C21H28FN3O2S. The van der Waals surface area contributed by atoms with E-state index in [0.717, 1.165) is 18.4 Å². The van der Waals surface area contributed by atoms with Crippen molar-refractivity contribution in [2.24, 2.45) is 7.05 Å².